The summed E-state index contributed by atoms with van der Waals surface area (Å²) >= 11 is 4.64. The van der Waals surface area contributed by atoms with Crippen LogP contribution in [0.15, 0.2) is 22.7 Å². The molecule has 1 aromatic carbocycles. The fourth-order valence-electron chi connectivity index (χ4n) is 1.87. The maximum absolute atomic E-state index is 13.8. The summed E-state index contributed by atoms with van der Waals surface area (Å²) in [5.74, 6) is 5.35. The van der Waals surface area contributed by atoms with E-state index in [4.69, 9.17) is 5.84 Å². The van der Waals surface area contributed by atoms with Gasteiger partial charge in [-0.05, 0) is 48.1 Å². The van der Waals surface area contributed by atoms with Gasteiger partial charge in [-0.15, -0.1) is 5.10 Å². The van der Waals surface area contributed by atoms with E-state index in [9.17, 15) is 4.39 Å². The number of hydrazine groups is 1. The fourth-order valence-corrected chi connectivity index (χ4v) is 3.08. The largest absolute Gasteiger partial charge is 0.271 e. The summed E-state index contributed by atoms with van der Waals surface area (Å²) in [5.41, 5.74) is 4.23. The molecule has 102 valence electrons. The molecule has 19 heavy (non-hydrogen) atoms. The second kappa shape index (κ2) is 6.51. The predicted molar refractivity (Wildman–Crippen MR) is 77.2 cm³/mol. The van der Waals surface area contributed by atoms with E-state index < -0.39 is 0 Å². The molecule has 0 aliphatic heterocycles. The van der Waals surface area contributed by atoms with Crippen LogP contribution in [0.3, 0.4) is 0 Å². The van der Waals surface area contributed by atoms with Crippen molar-refractivity contribution in [3.8, 4) is 0 Å². The average Bonchev–Trinajstić information content (AvgIpc) is 2.88. The summed E-state index contributed by atoms with van der Waals surface area (Å²) < 4.78 is 18.6. The Labute approximate surface area is 123 Å². The third-order valence-electron chi connectivity index (χ3n) is 2.87. The highest BCUT2D eigenvalue weighted by molar-refractivity contribution is 9.10. The Kier molecular flexibility index (Phi) is 4.98. The van der Waals surface area contributed by atoms with Gasteiger partial charge in [0.05, 0.1) is 16.6 Å². The second-order valence-electron chi connectivity index (χ2n) is 4.10. The minimum atomic E-state index is -0.237. The molecule has 0 radical (unpaired) electrons. The van der Waals surface area contributed by atoms with Crippen LogP contribution in [0.4, 0.5) is 4.39 Å². The molecule has 0 saturated carbocycles. The Morgan fingerprint density at radius 1 is 1.53 bits per heavy atom. The zero-order chi connectivity index (χ0) is 13.8. The van der Waals surface area contributed by atoms with Gasteiger partial charge in [0.25, 0.3) is 0 Å². The molecule has 0 aliphatic carbocycles. The van der Waals surface area contributed by atoms with Crippen molar-refractivity contribution in [2.75, 3.05) is 0 Å². The van der Waals surface area contributed by atoms with Crippen LogP contribution in [0.2, 0.25) is 0 Å². The lowest BCUT2D eigenvalue weighted by molar-refractivity contribution is 0.531. The summed E-state index contributed by atoms with van der Waals surface area (Å²) in [4.78, 5) is 0.962. The number of aromatic nitrogens is 2. The van der Waals surface area contributed by atoms with E-state index in [0.717, 1.165) is 21.5 Å². The maximum atomic E-state index is 13.8. The number of hydrogen-bond acceptors (Lipinski definition) is 5. The monoisotopic (exact) mass is 344 g/mol. The number of nitrogens with two attached hydrogens (primary N) is 1. The molecular formula is C12H14BrFN4S. The van der Waals surface area contributed by atoms with Gasteiger partial charge in [-0.3, -0.25) is 11.3 Å². The first-order valence-corrected chi connectivity index (χ1v) is 7.43. The Bertz CT molecular complexity index is 560. The molecule has 1 aromatic heterocycles. The lowest BCUT2D eigenvalue weighted by Crippen LogP contribution is -2.30. The van der Waals surface area contributed by atoms with Gasteiger partial charge < -0.3 is 0 Å². The number of rotatable bonds is 5. The molecule has 2 aromatic rings. The molecule has 0 amide bonds. The van der Waals surface area contributed by atoms with Crippen molar-refractivity contribution >= 4 is 27.5 Å². The van der Waals surface area contributed by atoms with Gasteiger partial charge in [0.2, 0.25) is 0 Å². The Balaban J connectivity index is 2.26. The van der Waals surface area contributed by atoms with Crippen molar-refractivity contribution < 1.29 is 4.39 Å². The summed E-state index contributed by atoms with van der Waals surface area (Å²) in [5, 5.41) is 4.06. The van der Waals surface area contributed by atoms with Crippen LogP contribution in [-0.2, 0) is 12.8 Å². The minimum absolute atomic E-state index is 0.182. The zero-order valence-corrected chi connectivity index (χ0v) is 12.8. The lowest BCUT2D eigenvalue weighted by atomic mass is 10.0. The number of hydrogen-bond donors (Lipinski definition) is 2. The molecule has 3 N–H and O–H groups in total. The Hall–Kier alpha value is -0.890. The van der Waals surface area contributed by atoms with E-state index in [1.165, 1.54) is 17.6 Å². The highest BCUT2D eigenvalue weighted by atomic mass is 79.9. The van der Waals surface area contributed by atoms with E-state index in [2.05, 4.69) is 30.9 Å². The van der Waals surface area contributed by atoms with Crippen molar-refractivity contribution in [1.29, 1.82) is 0 Å². The number of nitrogens with zero attached hydrogens (tertiary/aromatic N) is 2. The first-order chi connectivity index (χ1) is 9.15. The van der Waals surface area contributed by atoms with Gasteiger partial charge in [0.15, 0.2) is 0 Å². The van der Waals surface area contributed by atoms with Crippen LogP contribution < -0.4 is 11.3 Å². The molecule has 4 nitrogen and oxygen atoms in total. The molecule has 1 unspecified atom stereocenters. The van der Waals surface area contributed by atoms with E-state index in [0.29, 0.717) is 12.0 Å². The van der Waals surface area contributed by atoms with Crippen LogP contribution in [0.5, 0.6) is 0 Å². The summed E-state index contributed by atoms with van der Waals surface area (Å²) in [6.45, 7) is 2.01. The molecule has 0 fully saturated rings. The molecule has 0 bridgehead atoms. The molecular weight excluding hydrogens is 331 g/mol. The van der Waals surface area contributed by atoms with Crippen LogP contribution in [-0.4, -0.2) is 9.59 Å². The summed E-state index contributed by atoms with van der Waals surface area (Å²) in [7, 11) is 0. The van der Waals surface area contributed by atoms with Crippen LogP contribution >= 0.6 is 27.5 Å². The predicted octanol–water partition coefficient (Wildman–Crippen LogP) is 2.75. The van der Waals surface area contributed by atoms with Gasteiger partial charge in [-0.1, -0.05) is 27.3 Å². The van der Waals surface area contributed by atoms with Gasteiger partial charge in [0.1, 0.15) is 5.82 Å². The quantitative estimate of drug-likeness (QED) is 0.646. The minimum Gasteiger partial charge on any atom is -0.271 e. The first-order valence-electron chi connectivity index (χ1n) is 5.86. The Morgan fingerprint density at radius 2 is 2.32 bits per heavy atom. The van der Waals surface area contributed by atoms with Crippen molar-refractivity contribution in [3.63, 3.8) is 0 Å². The average molecular weight is 345 g/mol. The van der Waals surface area contributed by atoms with Crippen LogP contribution in [0.25, 0.3) is 0 Å². The second-order valence-corrected chi connectivity index (χ2v) is 5.80. The van der Waals surface area contributed by atoms with E-state index in [-0.39, 0.29) is 11.9 Å². The molecule has 2 rings (SSSR count). The van der Waals surface area contributed by atoms with Gasteiger partial charge in [-0.25, -0.2) is 4.39 Å². The third-order valence-corrected chi connectivity index (χ3v) is 4.24. The standard InChI is InChI=1S/C12H14BrFN4S/c1-2-10-12(19-18-17-10)11(16-15)6-7-5-8(13)3-4-9(7)14/h3-5,11,16H,2,6,15H2,1H3. The fraction of sp³-hybridized carbons (Fsp3) is 0.333. The lowest BCUT2D eigenvalue weighted by Gasteiger charge is -2.15. The van der Waals surface area contributed by atoms with Crippen molar-refractivity contribution in [2.24, 2.45) is 5.84 Å². The SMILES string of the molecule is CCc1nnsc1C(Cc1cc(Br)ccc1F)NN. The molecule has 1 atom stereocenters. The molecule has 1 heterocycles. The Morgan fingerprint density at radius 3 is 3.00 bits per heavy atom. The smallest absolute Gasteiger partial charge is 0.126 e. The topological polar surface area (TPSA) is 63.8 Å². The van der Waals surface area contributed by atoms with Crippen molar-refractivity contribution in [1.82, 2.24) is 15.0 Å². The van der Waals surface area contributed by atoms with Crippen molar-refractivity contribution in [2.45, 2.75) is 25.8 Å². The highest BCUT2D eigenvalue weighted by Crippen LogP contribution is 2.26. The van der Waals surface area contributed by atoms with E-state index in [1.54, 1.807) is 12.1 Å². The maximum Gasteiger partial charge on any atom is 0.126 e. The van der Waals surface area contributed by atoms with Crippen LogP contribution in [0, 0.1) is 5.82 Å². The van der Waals surface area contributed by atoms with E-state index >= 15 is 0 Å². The zero-order valence-electron chi connectivity index (χ0n) is 10.4. The number of halogens is 2. The van der Waals surface area contributed by atoms with Gasteiger partial charge >= 0.3 is 0 Å². The molecule has 0 saturated heterocycles. The molecule has 0 spiro atoms. The van der Waals surface area contributed by atoms with E-state index in [1.807, 2.05) is 6.92 Å². The number of benzene rings is 1. The van der Waals surface area contributed by atoms with Crippen LogP contribution in [0.1, 0.15) is 29.1 Å². The van der Waals surface area contributed by atoms with Crippen molar-refractivity contribution in [3.05, 3.63) is 44.6 Å². The highest BCUT2D eigenvalue weighted by Gasteiger charge is 2.19. The molecule has 0 aliphatic rings. The summed E-state index contributed by atoms with van der Waals surface area (Å²) in [6, 6.07) is 4.70. The molecule has 7 heteroatoms. The first kappa shape index (κ1) is 14.5. The van der Waals surface area contributed by atoms with Gasteiger partial charge in [-0.2, -0.15) is 0 Å². The number of aryl methyl sites for hydroxylation is 1. The summed E-state index contributed by atoms with van der Waals surface area (Å²) in [6.07, 6.45) is 1.24. The van der Waals surface area contributed by atoms with Gasteiger partial charge in [0, 0.05) is 4.47 Å². The number of nitrogens with one attached hydrogen (secondary N) is 1. The normalized spacial score (nSPS) is 12.6. The third kappa shape index (κ3) is 3.36.